The summed E-state index contributed by atoms with van der Waals surface area (Å²) in [5.74, 6) is 0.892. The van der Waals surface area contributed by atoms with Crippen molar-refractivity contribution in [2.45, 2.75) is 39.3 Å². The largest absolute Gasteiger partial charge is 0.381 e. The van der Waals surface area contributed by atoms with Crippen molar-refractivity contribution < 1.29 is 9.67 Å². The van der Waals surface area contributed by atoms with E-state index in [4.69, 9.17) is 0 Å². The minimum absolute atomic E-state index is 0.406. The third-order valence-corrected chi connectivity index (χ3v) is 1.94. The van der Waals surface area contributed by atoms with Crippen LogP contribution in [0.1, 0.15) is 38.6 Å². The quantitative estimate of drug-likeness (QED) is 0.652. The van der Waals surface area contributed by atoms with Crippen LogP contribution < -0.4 is 4.57 Å². The van der Waals surface area contributed by atoms with Crippen molar-refractivity contribution in [2.75, 3.05) is 0 Å². The maximum absolute atomic E-state index is 9.34. The van der Waals surface area contributed by atoms with Gasteiger partial charge in [0.15, 0.2) is 6.10 Å². The fourth-order valence-corrected chi connectivity index (χ4v) is 1.26. The van der Waals surface area contributed by atoms with E-state index < -0.39 is 6.10 Å². The second-order valence-electron chi connectivity index (χ2n) is 3.07. The highest BCUT2D eigenvalue weighted by Gasteiger charge is 2.14. The lowest BCUT2D eigenvalue weighted by molar-refractivity contribution is -0.706. The summed E-state index contributed by atoms with van der Waals surface area (Å²) in [4.78, 5) is 3.03. The molecule has 3 heteroatoms. The molecule has 0 aromatic carbocycles. The number of hydrogen-bond acceptors (Lipinski definition) is 1. The molecule has 1 unspecified atom stereocenters. The normalized spacial score (nSPS) is 13.2. The second-order valence-corrected chi connectivity index (χ2v) is 3.07. The van der Waals surface area contributed by atoms with E-state index in [1.165, 1.54) is 6.42 Å². The average Bonchev–Trinajstić information content (AvgIpc) is 2.48. The van der Waals surface area contributed by atoms with Gasteiger partial charge >= 0.3 is 0 Å². The van der Waals surface area contributed by atoms with Crippen molar-refractivity contribution in [3.05, 3.63) is 18.2 Å². The molecule has 0 aliphatic heterocycles. The maximum Gasteiger partial charge on any atom is 0.283 e. The Morgan fingerprint density at radius 1 is 1.67 bits per heavy atom. The minimum Gasteiger partial charge on any atom is -0.381 e. The lowest BCUT2D eigenvalue weighted by Crippen LogP contribution is -2.36. The number of aromatic nitrogens is 2. The number of nitrogens with one attached hydrogen (secondary N) is 1. The van der Waals surface area contributed by atoms with E-state index >= 15 is 0 Å². The zero-order valence-electron chi connectivity index (χ0n) is 7.75. The van der Waals surface area contributed by atoms with Crippen LogP contribution in [0.5, 0.6) is 0 Å². The second kappa shape index (κ2) is 4.26. The number of aliphatic hydroxyl groups excluding tert-OH is 1. The first-order valence-corrected chi connectivity index (χ1v) is 4.50. The van der Waals surface area contributed by atoms with E-state index in [9.17, 15) is 5.11 Å². The minimum atomic E-state index is -0.406. The molecule has 68 valence electrons. The highest BCUT2D eigenvalue weighted by atomic mass is 16.3. The Bertz CT molecular complexity index is 230. The molecule has 12 heavy (non-hydrogen) atoms. The number of nitrogens with zero attached hydrogens (tertiary/aromatic N) is 1. The molecular formula is C9H17N2O+. The summed E-state index contributed by atoms with van der Waals surface area (Å²) in [6.07, 6.45) is 5.76. The molecule has 0 fully saturated rings. The van der Waals surface area contributed by atoms with Crippen LogP contribution in [-0.2, 0) is 6.54 Å². The average molecular weight is 169 g/mol. The Morgan fingerprint density at radius 3 is 3.00 bits per heavy atom. The molecule has 0 amide bonds. The molecule has 0 saturated carbocycles. The predicted molar refractivity (Wildman–Crippen MR) is 46.5 cm³/mol. The summed E-state index contributed by atoms with van der Waals surface area (Å²) < 4.78 is 2.06. The van der Waals surface area contributed by atoms with Gasteiger partial charge in [-0.05, 0) is 13.3 Å². The van der Waals surface area contributed by atoms with Crippen LogP contribution >= 0.6 is 0 Å². The van der Waals surface area contributed by atoms with Crippen LogP contribution in [0.2, 0.25) is 0 Å². The van der Waals surface area contributed by atoms with Crippen molar-refractivity contribution >= 4 is 0 Å². The van der Waals surface area contributed by atoms with E-state index in [2.05, 4.69) is 16.5 Å². The maximum atomic E-state index is 9.34. The number of aromatic amines is 1. The molecular weight excluding hydrogens is 152 g/mol. The van der Waals surface area contributed by atoms with Crippen LogP contribution in [0.15, 0.2) is 12.4 Å². The number of hydrogen-bond donors (Lipinski definition) is 2. The summed E-state index contributed by atoms with van der Waals surface area (Å²) in [5, 5.41) is 9.34. The van der Waals surface area contributed by atoms with E-state index in [-0.39, 0.29) is 0 Å². The Morgan fingerprint density at radius 2 is 2.42 bits per heavy atom. The summed E-state index contributed by atoms with van der Waals surface area (Å²) in [6, 6.07) is 0. The molecule has 0 radical (unpaired) electrons. The first-order chi connectivity index (χ1) is 5.75. The lowest BCUT2D eigenvalue weighted by atomic mass is 10.3. The van der Waals surface area contributed by atoms with Gasteiger partial charge in [-0.3, -0.25) is 0 Å². The molecule has 1 aromatic rings. The number of H-pyrrole nitrogens is 1. The molecule has 0 aliphatic carbocycles. The van der Waals surface area contributed by atoms with Crippen LogP contribution in [0.4, 0.5) is 0 Å². The van der Waals surface area contributed by atoms with Crippen molar-refractivity contribution in [2.24, 2.45) is 0 Å². The molecule has 0 saturated heterocycles. The number of aliphatic hydroxyl groups is 1. The Kier molecular flexibility index (Phi) is 3.29. The Hall–Kier alpha value is -0.830. The van der Waals surface area contributed by atoms with Crippen molar-refractivity contribution in [3.63, 3.8) is 0 Å². The van der Waals surface area contributed by atoms with Gasteiger partial charge in [-0.1, -0.05) is 13.3 Å². The fourth-order valence-electron chi connectivity index (χ4n) is 1.26. The van der Waals surface area contributed by atoms with Crippen molar-refractivity contribution in [3.8, 4) is 0 Å². The van der Waals surface area contributed by atoms with E-state index in [1.807, 2.05) is 12.4 Å². The molecule has 1 atom stereocenters. The summed E-state index contributed by atoms with van der Waals surface area (Å²) >= 11 is 0. The number of unbranched alkanes of at least 4 members (excludes halogenated alkanes) is 1. The summed E-state index contributed by atoms with van der Waals surface area (Å²) in [5.41, 5.74) is 0. The molecule has 1 rings (SSSR count). The van der Waals surface area contributed by atoms with Gasteiger partial charge < -0.3 is 5.11 Å². The summed E-state index contributed by atoms with van der Waals surface area (Å²) in [7, 11) is 0. The van der Waals surface area contributed by atoms with E-state index in [0.717, 1.165) is 18.8 Å². The highest BCUT2D eigenvalue weighted by molar-refractivity contribution is 4.80. The van der Waals surface area contributed by atoms with Crippen LogP contribution in [0, 0.1) is 0 Å². The summed E-state index contributed by atoms with van der Waals surface area (Å²) in [6.45, 7) is 4.92. The third kappa shape index (κ3) is 2.08. The van der Waals surface area contributed by atoms with E-state index in [1.54, 1.807) is 6.92 Å². The van der Waals surface area contributed by atoms with Gasteiger partial charge in [0.25, 0.3) is 5.82 Å². The monoisotopic (exact) mass is 169 g/mol. The third-order valence-electron chi connectivity index (χ3n) is 1.94. The Labute approximate surface area is 73.1 Å². The molecule has 0 bridgehead atoms. The van der Waals surface area contributed by atoms with Gasteiger partial charge in [0.2, 0.25) is 0 Å². The Balaban J connectivity index is 2.64. The predicted octanol–water partition coefficient (Wildman–Crippen LogP) is 1.16. The highest BCUT2D eigenvalue weighted by Crippen LogP contribution is 2.02. The number of imidazole rings is 1. The molecule has 0 spiro atoms. The van der Waals surface area contributed by atoms with Crippen LogP contribution in [0.3, 0.4) is 0 Å². The first-order valence-electron chi connectivity index (χ1n) is 4.50. The van der Waals surface area contributed by atoms with Gasteiger partial charge in [-0.25, -0.2) is 9.55 Å². The van der Waals surface area contributed by atoms with E-state index in [0.29, 0.717) is 0 Å². The van der Waals surface area contributed by atoms with Gasteiger partial charge in [-0.2, -0.15) is 0 Å². The van der Waals surface area contributed by atoms with Gasteiger partial charge in [0.05, 0.1) is 6.54 Å². The van der Waals surface area contributed by atoms with Gasteiger partial charge in [0.1, 0.15) is 12.4 Å². The molecule has 3 nitrogen and oxygen atoms in total. The van der Waals surface area contributed by atoms with Crippen molar-refractivity contribution in [1.82, 2.24) is 4.98 Å². The molecule has 2 N–H and O–H groups in total. The van der Waals surface area contributed by atoms with Crippen LogP contribution in [0.25, 0.3) is 0 Å². The number of rotatable bonds is 4. The van der Waals surface area contributed by atoms with Crippen molar-refractivity contribution in [1.29, 1.82) is 0 Å². The molecule has 1 aromatic heterocycles. The van der Waals surface area contributed by atoms with Gasteiger partial charge in [0, 0.05) is 0 Å². The lowest BCUT2D eigenvalue weighted by Gasteiger charge is -2.00. The smallest absolute Gasteiger partial charge is 0.283 e. The topological polar surface area (TPSA) is 39.9 Å². The zero-order valence-corrected chi connectivity index (χ0v) is 7.75. The van der Waals surface area contributed by atoms with Crippen LogP contribution in [-0.4, -0.2) is 10.1 Å². The SMILES string of the molecule is CCCC[n+]1cc[nH]c1C(C)O. The van der Waals surface area contributed by atoms with Gasteiger partial charge in [-0.15, -0.1) is 0 Å². The first kappa shape index (κ1) is 9.26. The zero-order chi connectivity index (χ0) is 8.97. The molecule has 0 aliphatic rings. The molecule has 1 heterocycles. The standard InChI is InChI=1S/C9H16N2O/c1-3-4-6-11-7-5-10-9(11)8(2)12/h5,7-8,12H,3-4,6H2,1-2H3/p+1. The number of aryl methyl sites for hydroxylation is 1. The fraction of sp³-hybridized carbons (Fsp3) is 0.667.